The maximum atomic E-state index is 14.1. The Morgan fingerprint density at radius 2 is 1.93 bits per heavy atom. The highest BCUT2D eigenvalue weighted by Crippen LogP contribution is 2.26. The zero-order chi connectivity index (χ0) is 21.1. The van der Waals surface area contributed by atoms with E-state index in [1.165, 1.54) is 5.56 Å². The Kier molecular flexibility index (Phi) is 5.68. The molecular weight excluding hydrogens is 379 g/mol. The van der Waals surface area contributed by atoms with Crippen LogP contribution in [0.1, 0.15) is 38.9 Å². The molecule has 1 aromatic carbocycles. The van der Waals surface area contributed by atoms with Crippen molar-refractivity contribution in [2.45, 2.75) is 13.0 Å². The van der Waals surface area contributed by atoms with E-state index >= 15 is 0 Å². The zero-order valence-electron chi connectivity index (χ0n) is 16.8. The fourth-order valence-electron chi connectivity index (χ4n) is 3.74. The highest BCUT2D eigenvalue weighted by atomic mass is 19.1. The van der Waals surface area contributed by atoms with Crippen molar-refractivity contribution < 1.29 is 9.18 Å². The van der Waals surface area contributed by atoms with Crippen LogP contribution in [0.15, 0.2) is 67.4 Å². The summed E-state index contributed by atoms with van der Waals surface area (Å²) in [5.41, 5.74) is 2.36. The van der Waals surface area contributed by atoms with Gasteiger partial charge in [-0.05, 0) is 36.8 Å². The lowest BCUT2D eigenvalue weighted by molar-refractivity contribution is 0.103. The third kappa shape index (κ3) is 4.00. The molecule has 6 heteroatoms. The number of hydrogen-bond acceptors (Lipinski definition) is 5. The van der Waals surface area contributed by atoms with Crippen molar-refractivity contribution >= 4 is 17.4 Å². The number of nitrogens with one attached hydrogen (secondary N) is 1. The highest BCUT2D eigenvalue weighted by molar-refractivity contribution is 6.10. The second-order valence-corrected chi connectivity index (χ2v) is 7.30. The summed E-state index contributed by atoms with van der Waals surface area (Å²) in [5, 5.41) is 3.52. The van der Waals surface area contributed by atoms with Crippen LogP contribution in [-0.4, -0.2) is 35.4 Å². The number of pyridine rings is 2. The van der Waals surface area contributed by atoms with Gasteiger partial charge in [0, 0.05) is 48.7 Å². The van der Waals surface area contributed by atoms with E-state index < -0.39 is 5.83 Å². The monoisotopic (exact) mass is 402 g/mol. The predicted octanol–water partition coefficient (Wildman–Crippen LogP) is 4.11. The Balaban J connectivity index is 1.68. The number of halogens is 1. The topological polar surface area (TPSA) is 58.1 Å². The van der Waals surface area contributed by atoms with Gasteiger partial charge in [0.05, 0.1) is 0 Å². The van der Waals surface area contributed by atoms with Gasteiger partial charge in [-0.1, -0.05) is 36.9 Å². The molecule has 1 N–H and O–H groups in total. The first-order valence-electron chi connectivity index (χ1n) is 9.90. The first-order valence-corrected chi connectivity index (χ1v) is 9.90. The van der Waals surface area contributed by atoms with Crippen molar-refractivity contribution in [1.82, 2.24) is 15.3 Å². The molecule has 1 fully saturated rings. The van der Waals surface area contributed by atoms with E-state index in [1.807, 2.05) is 18.2 Å². The number of aryl methyl sites for hydroxylation is 1. The number of anilines is 1. The Bertz CT molecular complexity index is 1080. The average molecular weight is 402 g/mol. The van der Waals surface area contributed by atoms with Crippen molar-refractivity contribution in [1.29, 1.82) is 0 Å². The van der Waals surface area contributed by atoms with E-state index in [1.54, 1.807) is 37.4 Å². The molecule has 152 valence electrons. The number of nitrogens with zero attached hydrogens (tertiary/aromatic N) is 3. The van der Waals surface area contributed by atoms with Gasteiger partial charge in [0.15, 0.2) is 0 Å². The van der Waals surface area contributed by atoms with Gasteiger partial charge in [-0.15, -0.1) is 0 Å². The molecular formula is C24H23FN4O. The molecule has 1 aliphatic rings. The van der Waals surface area contributed by atoms with E-state index in [0.717, 1.165) is 13.1 Å². The van der Waals surface area contributed by atoms with Gasteiger partial charge in [-0.2, -0.15) is 0 Å². The van der Waals surface area contributed by atoms with Crippen molar-refractivity contribution in [3.05, 3.63) is 95.5 Å². The summed E-state index contributed by atoms with van der Waals surface area (Å²) in [4.78, 5) is 24.0. The Hall–Kier alpha value is -3.38. The molecule has 1 saturated heterocycles. The van der Waals surface area contributed by atoms with Crippen molar-refractivity contribution in [3.8, 4) is 0 Å². The fraction of sp³-hybridized carbons (Fsp3) is 0.208. The lowest BCUT2D eigenvalue weighted by atomic mass is 10.0. The number of carbonyl (C=O) groups excluding carboxylic acids is 1. The molecule has 0 saturated carbocycles. The van der Waals surface area contributed by atoms with Crippen molar-refractivity contribution in [2.24, 2.45) is 0 Å². The van der Waals surface area contributed by atoms with E-state index in [4.69, 9.17) is 0 Å². The summed E-state index contributed by atoms with van der Waals surface area (Å²) in [7, 11) is 0. The van der Waals surface area contributed by atoms with Crippen LogP contribution in [0.3, 0.4) is 0 Å². The number of hydrogen-bond donors (Lipinski definition) is 1. The molecule has 30 heavy (non-hydrogen) atoms. The van der Waals surface area contributed by atoms with Crippen LogP contribution in [0.4, 0.5) is 10.2 Å². The SMILES string of the molecule is C=C(F)c1ccc(N2CCNC(c3ccccc3)C2)nc1C(=O)c1cccnc1C. The molecule has 3 aromatic rings. The maximum Gasteiger partial charge on any atom is 0.213 e. The molecule has 0 radical (unpaired) electrons. The molecule has 0 spiro atoms. The normalized spacial score (nSPS) is 16.3. The number of rotatable bonds is 5. The molecule has 5 nitrogen and oxygen atoms in total. The second-order valence-electron chi connectivity index (χ2n) is 7.30. The molecule has 1 unspecified atom stereocenters. The Morgan fingerprint density at radius 3 is 2.67 bits per heavy atom. The second kappa shape index (κ2) is 8.55. The first kappa shape index (κ1) is 19.9. The quantitative estimate of drug-likeness (QED) is 0.651. The number of ketones is 1. The van der Waals surface area contributed by atoms with Crippen LogP contribution in [0.25, 0.3) is 5.83 Å². The number of piperazine rings is 1. The lowest BCUT2D eigenvalue weighted by Crippen LogP contribution is -2.46. The van der Waals surface area contributed by atoms with E-state index in [0.29, 0.717) is 23.6 Å². The third-order valence-corrected chi connectivity index (χ3v) is 5.34. The fourth-order valence-corrected chi connectivity index (χ4v) is 3.74. The summed E-state index contributed by atoms with van der Waals surface area (Å²) < 4.78 is 14.1. The minimum absolute atomic E-state index is 0.0610. The van der Waals surface area contributed by atoms with Gasteiger partial charge < -0.3 is 10.2 Å². The van der Waals surface area contributed by atoms with Crippen LogP contribution in [0.2, 0.25) is 0 Å². The largest absolute Gasteiger partial charge is 0.353 e. The molecule has 1 atom stereocenters. The molecule has 4 rings (SSSR count). The minimum atomic E-state index is -0.679. The zero-order valence-corrected chi connectivity index (χ0v) is 16.8. The first-order chi connectivity index (χ1) is 14.5. The predicted molar refractivity (Wildman–Crippen MR) is 116 cm³/mol. The number of carbonyl (C=O) groups is 1. The van der Waals surface area contributed by atoms with Gasteiger partial charge >= 0.3 is 0 Å². The summed E-state index contributed by atoms with van der Waals surface area (Å²) in [5.74, 6) is -0.389. The third-order valence-electron chi connectivity index (χ3n) is 5.34. The number of aromatic nitrogens is 2. The maximum absolute atomic E-state index is 14.1. The van der Waals surface area contributed by atoms with Gasteiger partial charge in [-0.3, -0.25) is 9.78 Å². The highest BCUT2D eigenvalue weighted by Gasteiger charge is 2.25. The summed E-state index contributed by atoms with van der Waals surface area (Å²) >= 11 is 0. The molecule has 0 amide bonds. The summed E-state index contributed by atoms with van der Waals surface area (Å²) in [6, 6.07) is 17.1. The van der Waals surface area contributed by atoms with Crippen molar-refractivity contribution in [2.75, 3.05) is 24.5 Å². The molecule has 3 heterocycles. The standard InChI is InChI=1S/C24H23FN4O/c1-16(25)19-10-11-22(28-23(19)24(30)20-9-6-12-26-17(20)2)29-14-13-27-21(15-29)18-7-4-3-5-8-18/h3-12,21,27H,1,13-15H2,2H3. The van der Waals surface area contributed by atoms with Crippen LogP contribution >= 0.6 is 0 Å². The van der Waals surface area contributed by atoms with Crippen LogP contribution < -0.4 is 10.2 Å². The van der Waals surface area contributed by atoms with Crippen LogP contribution in [-0.2, 0) is 0 Å². The van der Waals surface area contributed by atoms with Crippen LogP contribution in [0.5, 0.6) is 0 Å². The Morgan fingerprint density at radius 1 is 1.13 bits per heavy atom. The van der Waals surface area contributed by atoms with Gasteiger partial charge in [0.1, 0.15) is 17.3 Å². The van der Waals surface area contributed by atoms with Crippen LogP contribution in [0, 0.1) is 6.92 Å². The molecule has 0 aliphatic carbocycles. The van der Waals surface area contributed by atoms with E-state index in [9.17, 15) is 9.18 Å². The van der Waals surface area contributed by atoms with Gasteiger partial charge in [0.2, 0.25) is 5.78 Å². The summed E-state index contributed by atoms with van der Waals surface area (Å²) in [6.07, 6.45) is 1.62. The molecule has 2 aromatic heterocycles. The molecule has 1 aliphatic heterocycles. The van der Waals surface area contributed by atoms with E-state index in [-0.39, 0.29) is 23.1 Å². The molecule has 0 bridgehead atoms. The Labute approximate surface area is 175 Å². The smallest absolute Gasteiger partial charge is 0.213 e. The lowest BCUT2D eigenvalue weighted by Gasteiger charge is -2.35. The van der Waals surface area contributed by atoms with Crippen molar-refractivity contribution in [3.63, 3.8) is 0 Å². The average Bonchev–Trinajstić information content (AvgIpc) is 2.79. The van der Waals surface area contributed by atoms with E-state index in [2.05, 4.69) is 38.9 Å². The van der Waals surface area contributed by atoms with Gasteiger partial charge in [0.25, 0.3) is 0 Å². The summed E-state index contributed by atoms with van der Waals surface area (Å²) in [6.45, 7) is 7.36. The van der Waals surface area contributed by atoms with Gasteiger partial charge in [-0.25, -0.2) is 9.37 Å². The number of benzene rings is 1. The minimum Gasteiger partial charge on any atom is -0.353 e.